The van der Waals surface area contributed by atoms with Crippen molar-refractivity contribution in [2.24, 2.45) is 56.6 Å². The number of hydrogen-bond acceptors (Lipinski definition) is 5. The molecule has 2 aromatic rings. The molecule has 5 heteroatoms. The molecule has 0 N–H and O–H groups in total. The Balaban J connectivity index is 1.02. The zero-order valence-electron chi connectivity index (χ0n) is 31.3. The number of carbonyl (C=O) groups excluding carboxylic acids is 1. The van der Waals surface area contributed by atoms with Crippen LogP contribution >= 0.6 is 0 Å². The first-order valence-electron chi connectivity index (χ1n) is 19.8. The summed E-state index contributed by atoms with van der Waals surface area (Å²) < 4.78 is 11.9. The Morgan fingerprint density at radius 1 is 0.857 bits per heavy atom. The summed E-state index contributed by atoms with van der Waals surface area (Å²) in [5.41, 5.74) is 4.36. The molecule has 2 aromatic carbocycles. The summed E-state index contributed by atoms with van der Waals surface area (Å²) in [6.07, 6.45) is 18.7. The molecule has 0 heterocycles. The molecule has 0 aliphatic heterocycles. The van der Waals surface area contributed by atoms with Crippen LogP contribution in [0.5, 0.6) is 5.75 Å². The number of ether oxygens (including phenoxy) is 2. The van der Waals surface area contributed by atoms with Crippen molar-refractivity contribution in [3.05, 3.63) is 65.7 Å². The van der Waals surface area contributed by atoms with Crippen LogP contribution in [-0.2, 0) is 4.74 Å². The van der Waals surface area contributed by atoms with Crippen molar-refractivity contribution in [2.45, 2.75) is 131 Å². The van der Waals surface area contributed by atoms with Crippen LogP contribution in [0.1, 0.15) is 135 Å². The third-order valence-corrected chi connectivity index (χ3v) is 13.5. The molecular weight excluding hydrogens is 604 g/mol. The third-order valence-electron chi connectivity index (χ3n) is 13.5. The van der Waals surface area contributed by atoms with E-state index in [0.717, 1.165) is 85.7 Å². The van der Waals surface area contributed by atoms with Crippen molar-refractivity contribution in [1.82, 2.24) is 0 Å². The molecule has 0 saturated heterocycles. The number of unbranched alkanes of at least 4 members (excludes halogenated alkanes) is 1. The highest BCUT2D eigenvalue weighted by Crippen LogP contribution is 2.67. The van der Waals surface area contributed by atoms with Gasteiger partial charge in [0.25, 0.3) is 0 Å². The van der Waals surface area contributed by atoms with Crippen molar-refractivity contribution < 1.29 is 14.3 Å². The number of hydrogen-bond donors (Lipinski definition) is 0. The van der Waals surface area contributed by atoms with Crippen LogP contribution in [-0.4, -0.2) is 18.7 Å². The van der Waals surface area contributed by atoms with Crippen molar-refractivity contribution in [2.75, 3.05) is 6.61 Å². The quantitative estimate of drug-likeness (QED) is 0.0925. The van der Waals surface area contributed by atoms with Gasteiger partial charge in [0.1, 0.15) is 11.9 Å². The highest BCUT2D eigenvalue weighted by Gasteiger charge is 2.59. The smallest absolute Gasteiger partial charge is 0.338 e. The lowest BCUT2D eigenvalue weighted by Gasteiger charge is -2.58. The number of azo groups is 1. The number of nitrogens with zero attached hydrogens (tertiary/aromatic N) is 2. The lowest BCUT2D eigenvalue weighted by molar-refractivity contribution is -0.0594. The molecule has 6 rings (SSSR count). The van der Waals surface area contributed by atoms with E-state index in [2.05, 4.69) is 57.8 Å². The lowest BCUT2D eigenvalue weighted by atomic mass is 9.47. The van der Waals surface area contributed by atoms with Gasteiger partial charge in [-0.2, -0.15) is 10.2 Å². The van der Waals surface area contributed by atoms with Crippen LogP contribution in [0.2, 0.25) is 0 Å². The summed E-state index contributed by atoms with van der Waals surface area (Å²) in [4.78, 5) is 13.2. The average molecular weight is 667 g/mol. The maximum Gasteiger partial charge on any atom is 0.338 e. The van der Waals surface area contributed by atoms with E-state index in [4.69, 9.17) is 9.47 Å². The third kappa shape index (κ3) is 7.86. The minimum absolute atomic E-state index is 0.0481. The van der Waals surface area contributed by atoms with E-state index in [1.165, 1.54) is 51.4 Å². The second kappa shape index (κ2) is 15.5. The summed E-state index contributed by atoms with van der Waals surface area (Å²) in [5.74, 6) is 5.63. The van der Waals surface area contributed by atoms with Gasteiger partial charge in [-0.1, -0.05) is 78.9 Å². The lowest BCUT2D eigenvalue weighted by Crippen LogP contribution is -2.51. The number of benzene rings is 2. The van der Waals surface area contributed by atoms with Gasteiger partial charge in [0, 0.05) is 6.42 Å². The molecule has 0 spiro atoms. The van der Waals surface area contributed by atoms with Crippen LogP contribution in [0.3, 0.4) is 0 Å². The van der Waals surface area contributed by atoms with Crippen molar-refractivity contribution in [3.63, 3.8) is 0 Å². The Morgan fingerprint density at radius 3 is 2.27 bits per heavy atom. The molecular formula is C44H62N2O3. The van der Waals surface area contributed by atoms with E-state index in [-0.39, 0.29) is 17.5 Å². The molecule has 3 saturated carbocycles. The summed E-state index contributed by atoms with van der Waals surface area (Å²) in [5, 5.41) is 8.71. The zero-order chi connectivity index (χ0) is 34.6. The van der Waals surface area contributed by atoms with Crippen LogP contribution < -0.4 is 4.74 Å². The molecule has 0 aromatic heterocycles. The number of esters is 1. The van der Waals surface area contributed by atoms with Crippen molar-refractivity contribution in [3.8, 4) is 5.75 Å². The van der Waals surface area contributed by atoms with Gasteiger partial charge in [-0.3, -0.25) is 0 Å². The number of rotatable bonds is 13. The SMILES string of the molecule is CCCCOc1ccc(N=Nc2ccc(C(=O)O[C@H]3CC[C@@]4(C)C(=CC[C@H]5[C@@H]6CC[C@H]([C@H](C)CCCC(C)C)[C@@]6(C)CC[C@@H]54)C3)cc2)cc1. The van der Waals surface area contributed by atoms with Gasteiger partial charge in [-0.05, 0) is 146 Å². The summed E-state index contributed by atoms with van der Waals surface area (Å²) in [6.45, 7) is 15.4. The van der Waals surface area contributed by atoms with Gasteiger partial charge in [0.2, 0.25) is 0 Å². The minimum atomic E-state index is -0.238. The Hall–Kier alpha value is -2.95. The first-order chi connectivity index (χ1) is 23.6. The molecule has 266 valence electrons. The van der Waals surface area contributed by atoms with E-state index in [1.54, 1.807) is 17.7 Å². The Bertz CT molecular complexity index is 1460. The standard InChI is InChI=1S/C44H62N2O3/c1-7-8-28-48-36-19-17-35(18-20-36)46-45-34-15-12-32(13-16-34)42(47)49-37-24-26-43(5)33(29-37)14-21-38-40-23-22-39(31(4)11-9-10-30(2)3)44(40,6)27-25-41(38)43/h12-20,30-31,37-41H,7-11,21-29H2,1-6H3/t31-,37+,38+,39-,40+,41+,43+,44-/m1/s1. The normalized spacial score (nSPS) is 31.5. The van der Waals surface area contributed by atoms with E-state index < -0.39 is 0 Å². The molecule has 8 atom stereocenters. The van der Waals surface area contributed by atoms with Crippen molar-refractivity contribution in [1.29, 1.82) is 0 Å². The van der Waals surface area contributed by atoms with Gasteiger partial charge in [0.15, 0.2) is 0 Å². The fourth-order valence-corrected chi connectivity index (χ4v) is 10.7. The van der Waals surface area contributed by atoms with Gasteiger partial charge in [-0.15, -0.1) is 0 Å². The average Bonchev–Trinajstić information content (AvgIpc) is 3.45. The zero-order valence-corrected chi connectivity index (χ0v) is 31.3. The Kier molecular flexibility index (Phi) is 11.4. The first kappa shape index (κ1) is 35.9. The topological polar surface area (TPSA) is 60.2 Å². The monoisotopic (exact) mass is 666 g/mol. The summed E-state index contributed by atoms with van der Waals surface area (Å²) in [6, 6.07) is 14.9. The molecule has 5 nitrogen and oxygen atoms in total. The maximum absolute atomic E-state index is 13.2. The molecule has 0 radical (unpaired) electrons. The van der Waals surface area contributed by atoms with E-state index in [0.29, 0.717) is 16.7 Å². The molecule has 49 heavy (non-hydrogen) atoms. The first-order valence-corrected chi connectivity index (χ1v) is 19.8. The second-order valence-electron chi connectivity index (χ2n) is 17.0. The largest absolute Gasteiger partial charge is 0.494 e. The molecule has 4 aliphatic carbocycles. The molecule has 4 aliphatic rings. The molecule has 0 bridgehead atoms. The van der Waals surface area contributed by atoms with Crippen LogP contribution in [0, 0.1) is 46.3 Å². The van der Waals surface area contributed by atoms with Gasteiger partial charge in [0.05, 0.1) is 23.5 Å². The fourth-order valence-electron chi connectivity index (χ4n) is 10.7. The van der Waals surface area contributed by atoms with Crippen LogP contribution in [0.25, 0.3) is 0 Å². The highest BCUT2D eigenvalue weighted by atomic mass is 16.5. The van der Waals surface area contributed by atoms with Gasteiger partial charge >= 0.3 is 5.97 Å². The van der Waals surface area contributed by atoms with E-state index in [1.807, 2.05) is 36.4 Å². The second-order valence-corrected chi connectivity index (χ2v) is 17.0. The Morgan fingerprint density at radius 2 is 1.57 bits per heavy atom. The maximum atomic E-state index is 13.2. The van der Waals surface area contributed by atoms with E-state index in [9.17, 15) is 4.79 Å². The highest BCUT2D eigenvalue weighted by molar-refractivity contribution is 5.89. The van der Waals surface area contributed by atoms with Gasteiger partial charge in [-0.25, -0.2) is 4.79 Å². The molecule has 0 unspecified atom stereocenters. The summed E-state index contributed by atoms with van der Waals surface area (Å²) >= 11 is 0. The van der Waals surface area contributed by atoms with Crippen LogP contribution in [0.15, 0.2) is 70.4 Å². The number of allylic oxidation sites excluding steroid dienone is 1. The fraction of sp³-hybridized carbons (Fsp3) is 0.659. The van der Waals surface area contributed by atoms with Crippen molar-refractivity contribution >= 4 is 17.3 Å². The number of carbonyl (C=O) groups is 1. The predicted molar refractivity (Wildman–Crippen MR) is 200 cm³/mol. The minimum Gasteiger partial charge on any atom is -0.494 e. The predicted octanol–water partition coefficient (Wildman–Crippen LogP) is 12.8. The van der Waals surface area contributed by atoms with Gasteiger partial charge < -0.3 is 9.47 Å². The molecule has 0 amide bonds. The van der Waals surface area contributed by atoms with Crippen LogP contribution in [0.4, 0.5) is 11.4 Å². The van der Waals surface area contributed by atoms with E-state index >= 15 is 0 Å². The summed E-state index contributed by atoms with van der Waals surface area (Å²) in [7, 11) is 0. The molecule has 3 fully saturated rings. The number of fused-ring (bicyclic) bond motifs is 5. The Labute approximate surface area is 296 Å².